The molecule has 0 aliphatic rings. The largest absolute Gasteiger partial charge is 0.354 e. The third-order valence-electron chi connectivity index (χ3n) is 7.09. The molecule has 0 fully saturated rings. The Morgan fingerprint density at radius 3 is 2.24 bits per heavy atom. The first-order valence-corrected chi connectivity index (χ1v) is 16.6. The maximum atomic E-state index is 13.9. The summed E-state index contributed by atoms with van der Waals surface area (Å²) in [7, 11) is -3.59. The van der Waals surface area contributed by atoms with Gasteiger partial charge in [-0.2, -0.15) is 0 Å². The Hall–Kier alpha value is -3.07. The lowest BCUT2D eigenvalue weighted by Gasteiger charge is -2.32. The number of carbonyl (C=O) groups excluding carboxylic acids is 2. The number of amides is 2. The molecule has 0 bridgehead atoms. The van der Waals surface area contributed by atoms with Gasteiger partial charge in [0.25, 0.3) is 0 Å². The molecular weight excluding hydrogens is 593 g/mol. The maximum absolute atomic E-state index is 13.9. The zero-order chi connectivity index (χ0) is 30.9. The zero-order valence-electron chi connectivity index (χ0n) is 24.6. The highest BCUT2D eigenvalue weighted by molar-refractivity contribution is 7.92. The van der Waals surface area contributed by atoms with Crippen LogP contribution in [-0.2, 0) is 32.6 Å². The summed E-state index contributed by atoms with van der Waals surface area (Å²) in [4.78, 5) is 28.9. The van der Waals surface area contributed by atoms with Gasteiger partial charge in [0, 0.05) is 32.5 Å². The highest BCUT2D eigenvalue weighted by Gasteiger charge is 2.30. The summed E-state index contributed by atoms with van der Waals surface area (Å²) >= 11 is 12.4. The second-order valence-electron chi connectivity index (χ2n) is 10.5. The van der Waals surface area contributed by atoms with E-state index in [4.69, 9.17) is 23.2 Å². The van der Waals surface area contributed by atoms with Crippen molar-refractivity contribution in [3.63, 3.8) is 0 Å². The Kier molecular flexibility index (Phi) is 12.3. The van der Waals surface area contributed by atoms with Crippen molar-refractivity contribution in [1.82, 2.24) is 10.2 Å². The minimum Gasteiger partial charge on any atom is -0.354 e. The molecular formula is C32H39Cl2N3O4S. The number of sulfonamides is 1. The van der Waals surface area contributed by atoms with E-state index in [1.165, 1.54) is 4.31 Å². The molecule has 42 heavy (non-hydrogen) atoms. The first kappa shape index (κ1) is 33.4. The zero-order valence-corrected chi connectivity index (χ0v) is 26.9. The number of nitrogens with one attached hydrogen (secondary N) is 1. The number of anilines is 1. The lowest BCUT2D eigenvalue weighted by Crippen LogP contribution is -2.50. The third kappa shape index (κ3) is 9.48. The van der Waals surface area contributed by atoms with E-state index < -0.39 is 16.1 Å². The molecule has 0 aliphatic carbocycles. The SMILES string of the molecule is CCCNC(=O)C(Cc1ccccc1)N(Cc1ccc(Cl)c(Cl)c1)C(=O)CCCN(c1ccc(C)c(C)c1)S(C)(=O)=O. The third-order valence-corrected chi connectivity index (χ3v) is 9.02. The molecule has 3 rings (SSSR count). The van der Waals surface area contributed by atoms with Crippen LogP contribution in [0.2, 0.25) is 10.0 Å². The summed E-state index contributed by atoms with van der Waals surface area (Å²) < 4.78 is 26.7. The van der Waals surface area contributed by atoms with Crippen molar-refractivity contribution in [3.05, 3.63) is 99.0 Å². The molecule has 226 valence electrons. The Labute approximate surface area is 259 Å². The van der Waals surface area contributed by atoms with Crippen LogP contribution in [0.1, 0.15) is 48.4 Å². The van der Waals surface area contributed by atoms with Gasteiger partial charge in [0.2, 0.25) is 21.8 Å². The summed E-state index contributed by atoms with van der Waals surface area (Å²) in [5.74, 6) is -0.510. The highest BCUT2D eigenvalue weighted by Crippen LogP contribution is 2.25. The van der Waals surface area contributed by atoms with Gasteiger partial charge in [-0.15, -0.1) is 0 Å². The minimum atomic E-state index is -3.59. The van der Waals surface area contributed by atoms with Gasteiger partial charge < -0.3 is 10.2 Å². The minimum absolute atomic E-state index is 0.0462. The van der Waals surface area contributed by atoms with Crippen LogP contribution in [0.3, 0.4) is 0 Å². The molecule has 3 aromatic carbocycles. The van der Waals surface area contributed by atoms with Crippen LogP contribution in [0.15, 0.2) is 66.7 Å². The van der Waals surface area contributed by atoms with Crippen LogP contribution >= 0.6 is 23.2 Å². The fourth-order valence-corrected chi connectivity index (χ4v) is 5.92. The molecule has 2 amide bonds. The summed E-state index contributed by atoms with van der Waals surface area (Å²) in [5.41, 5.74) is 4.24. The molecule has 0 radical (unpaired) electrons. The summed E-state index contributed by atoms with van der Waals surface area (Å²) in [6.45, 7) is 6.61. The first-order valence-electron chi connectivity index (χ1n) is 14.0. The molecule has 0 saturated carbocycles. The predicted octanol–water partition coefficient (Wildman–Crippen LogP) is 6.32. The van der Waals surface area contributed by atoms with E-state index >= 15 is 0 Å². The van der Waals surface area contributed by atoms with Crippen LogP contribution < -0.4 is 9.62 Å². The standard InChI is InChI=1S/C32H39Cl2N3O4S/c1-5-17-35-32(39)30(21-25-10-7-6-8-11-25)36(22-26-14-16-28(33)29(34)20-26)31(38)12-9-18-37(42(4,40)41)27-15-13-23(2)24(3)19-27/h6-8,10-11,13-16,19-20,30H,5,9,12,17-18,21-22H2,1-4H3,(H,35,39). The van der Waals surface area contributed by atoms with Gasteiger partial charge in [0.15, 0.2) is 0 Å². The average Bonchev–Trinajstić information content (AvgIpc) is 2.95. The average molecular weight is 633 g/mol. The number of hydrogen-bond donors (Lipinski definition) is 1. The van der Waals surface area contributed by atoms with Crippen LogP contribution in [0.4, 0.5) is 5.69 Å². The Morgan fingerprint density at radius 2 is 1.62 bits per heavy atom. The fourth-order valence-electron chi connectivity index (χ4n) is 4.64. The lowest BCUT2D eigenvalue weighted by molar-refractivity contribution is -0.141. The molecule has 7 nitrogen and oxygen atoms in total. The van der Waals surface area contributed by atoms with Crippen molar-refractivity contribution >= 4 is 50.7 Å². The number of aryl methyl sites for hydroxylation is 2. The molecule has 0 spiro atoms. The van der Waals surface area contributed by atoms with Crippen molar-refractivity contribution in [3.8, 4) is 0 Å². The molecule has 1 unspecified atom stereocenters. The van der Waals surface area contributed by atoms with E-state index in [0.29, 0.717) is 28.7 Å². The molecule has 1 atom stereocenters. The summed E-state index contributed by atoms with van der Waals surface area (Å²) in [6, 6.07) is 19.4. The summed E-state index contributed by atoms with van der Waals surface area (Å²) in [5, 5.41) is 3.70. The van der Waals surface area contributed by atoms with E-state index in [1.807, 2.05) is 63.2 Å². The van der Waals surface area contributed by atoms with Crippen molar-refractivity contribution in [2.45, 2.75) is 59.0 Å². The predicted molar refractivity (Wildman–Crippen MR) is 172 cm³/mol. The molecule has 1 N–H and O–H groups in total. The van der Waals surface area contributed by atoms with Gasteiger partial charge >= 0.3 is 0 Å². The van der Waals surface area contributed by atoms with E-state index in [0.717, 1.165) is 34.9 Å². The monoisotopic (exact) mass is 631 g/mol. The normalized spacial score (nSPS) is 12.0. The quantitative estimate of drug-likeness (QED) is 0.225. The number of nitrogens with zero attached hydrogens (tertiary/aromatic N) is 2. The van der Waals surface area contributed by atoms with Crippen molar-refractivity contribution in [2.24, 2.45) is 0 Å². The number of carbonyl (C=O) groups is 2. The van der Waals surface area contributed by atoms with Gasteiger partial charge in [0.05, 0.1) is 22.0 Å². The Morgan fingerprint density at radius 1 is 0.905 bits per heavy atom. The smallest absolute Gasteiger partial charge is 0.243 e. The van der Waals surface area contributed by atoms with Gasteiger partial charge in [-0.05, 0) is 73.2 Å². The van der Waals surface area contributed by atoms with E-state index in [9.17, 15) is 18.0 Å². The lowest BCUT2D eigenvalue weighted by atomic mass is 10.0. The van der Waals surface area contributed by atoms with E-state index in [1.54, 1.807) is 29.2 Å². The summed E-state index contributed by atoms with van der Waals surface area (Å²) in [6.07, 6.45) is 2.55. The van der Waals surface area contributed by atoms with Crippen LogP contribution in [0, 0.1) is 13.8 Å². The second-order valence-corrected chi connectivity index (χ2v) is 13.2. The van der Waals surface area contributed by atoms with Crippen LogP contribution in [0.25, 0.3) is 0 Å². The Balaban J connectivity index is 1.90. The number of hydrogen-bond acceptors (Lipinski definition) is 4. The van der Waals surface area contributed by atoms with Crippen molar-refractivity contribution in [2.75, 3.05) is 23.7 Å². The first-order chi connectivity index (χ1) is 19.9. The van der Waals surface area contributed by atoms with Gasteiger partial charge in [-0.25, -0.2) is 8.42 Å². The fraction of sp³-hybridized carbons (Fsp3) is 0.375. The topological polar surface area (TPSA) is 86.8 Å². The molecule has 0 aliphatic heterocycles. The Bertz CT molecular complexity index is 1480. The highest BCUT2D eigenvalue weighted by atomic mass is 35.5. The van der Waals surface area contributed by atoms with Gasteiger partial charge in [-0.3, -0.25) is 13.9 Å². The van der Waals surface area contributed by atoms with Crippen molar-refractivity contribution in [1.29, 1.82) is 0 Å². The number of benzene rings is 3. The van der Waals surface area contributed by atoms with Crippen LogP contribution in [0.5, 0.6) is 0 Å². The van der Waals surface area contributed by atoms with E-state index in [2.05, 4.69) is 5.32 Å². The molecule has 10 heteroatoms. The molecule has 0 heterocycles. The second kappa shape index (κ2) is 15.4. The van der Waals surface area contributed by atoms with Gasteiger partial charge in [0.1, 0.15) is 6.04 Å². The van der Waals surface area contributed by atoms with Gasteiger partial charge in [-0.1, -0.05) is 72.6 Å². The molecule has 0 aromatic heterocycles. The van der Waals surface area contributed by atoms with Crippen LogP contribution in [-0.4, -0.2) is 50.5 Å². The number of halogens is 2. The van der Waals surface area contributed by atoms with E-state index in [-0.39, 0.29) is 37.7 Å². The number of rotatable bonds is 14. The van der Waals surface area contributed by atoms with Crippen molar-refractivity contribution < 1.29 is 18.0 Å². The molecule has 0 saturated heterocycles. The maximum Gasteiger partial charge on any atom is 0.243 e. The molecule has 3 aromatic rings.